The maximum atomic E-state index is 10.5. The Morgan fingerprint density at radius 3 is 2.52 bits per heavy atom. The summed E-state index contributed by atoms with van der Waals surface area (Å²) in [5.74, 6) is 1.14. The first-order valence-corrected chi connectivity index (χ1v) is 8.26. The number of benzene rings is 2. The van der Waals surface area contributed by atoms with Gasteiger partial charge in [-0.15, -0.1) is 0 Å². The van der Waals surface area contributed by atoms with Crippen molar-refractivity contribution in [3.63, 3.8) is 0 Å². The van der Waals surface area contributed by atoms with Crippen LogP contribution in [-0.4, -0.2) is 9.67 Å². The molecule has 0 radical (unpaired) electrons. The first-order valence-electron chi connectivity index (χ1n) is 8.26. The predicted molar refractivity (Wildman–Crippen MR) is 95.8 cm³/mol. The van der Waals surface area contributed by atoms with Gasteiger partial charge >= 0.3 is 5.95 Å². The molecule has 25 heavy (non-hydrogen) atoms. The minimum Gasteiger partial charge on any atom is -0.466 e. The van der Waals surface area contributed by atoms with Gasteiger partial charge in [-0.25, -0.2) is 9.13 Å². The lowest BCUT2D eigenvalue weighted by Crippen LogP contribution is -2.37. The number of nitrogens with two attached hydrogens (primary N) is 1. The summed E-state index contributed by atoms with van der Waals surface area (Å²) in [6, 6.07) is 21.8. The molecule has 1 unspecified atom stereocenters. The third-order valence-corrected chi connectivity index (χ3v) is 4.43. The van der Waals surface area contributed by atoms with Crippen LogP contribution in [0.4, 0.5) is 5.95 Å². The van der Waals surface area contributed by atoms with Gasteiger partial charge in [0.25, 0.3) is 0 Å². The highest BCUT2D eigenvalue weighted by Crippen LogP contribution is 2.22. The summed E-state index contributed by atoms with van der Waals surface area (Å²) in [6.07, 6.45) is 0.809. The monoisotopic (exact) mass is 334 g/mol. The number of para-hydroxylation sites is 2. The molecule has 0 bridgehead atoms. The zero-order valence-electron chi connectivity index (χ0n) is 13.7. The summed E-state index contributed by atoms with van der Waals surface area (Å²) < 4.78 is 9.32. The predicted octanol–water partition coefficient (Wildman–Crippen LogP) is 2.89. The van der Waals surface area contributed by atoms with Crippen molar-refractivity contribution in [1.29, 1.82) is 0 Å². The second-order valence-electron chi connectivity index (χ2n) is 6.06. The molecular formula is C20H20N3O2+. The average Bonchev–Trinajstić information content (AvgIpc) is 3.26. The van der Waals surface area contributed by atoms with Crippen molar-refractivity contribution in [3.8, 4) is 0 Å². The fourth-order valence-electron chi connectivity index (χ4n) is 3.18. The lowest BCUT2D eigenvalue weighted by molar-refractivity contribution is -0.648. The second kappa shape index (κ2) is 6.45. The zero-order chi connectivity index (χ0) is 17.2. The molecule has 0 saturated heterocycles. The number of nitrogen functional groups attached to an aromatic ring is 1. The molecule has 126 valence electrons. The molecule has 1 atom stereocenters. The Kier molecular flexibility index (Phi) is 3.99. The fraction of sp³-hybridized carbons (Fsp3) is 0.150. The third kappa shape index (κ3) is 2.90. The van der Waals surface area contributed by atoms with Gasteiger partial charge in [0.1, 0.15) is 29.4 Å². The van der Waals surface area contributed by atoms with E-state index in [2.05, 4.69) is 16.7 Å². The summed E-state index contributed by atoms with van der Waals surface area (Å²) in [6.45, 7) is 1.01. The van der Waals surface area contributed by atoms with E-state index >= 15 is 0 Å². The topological polar surface area (TPSA) is 68.2 Å². The fourth-order valence-corrected chi connectivity index (χ4v) is 3.18. The van der Waals surface area contributed by atoms with Crippen LogP contribution in [0.1, 0.15) is 17.4 Å². The molecular weight excluding hydrogens is 314 g/mol. The van der Waals surface area contributed by atoms with Crippen LogP contribution >= 0.6 is 0 Å². The highest BCUT2D eigenvalue weighted by Gasteiger charge is 2.24. The number of rotatable bonds is 5. The molecule has 5 heteroatoms. The van der Waals surface area contributed by atoms with Crippen molar-refractivity contribution in [2.24, 2.45) is 0 Å². The van der Waals surface area contributed by atoms with E-state index in [1.54, 1.807) is 18.4 Å². The van der Waals surface area contributed by atoms with Crippen molar-refractivity contribution in [3.05, 3.63) is 84.3 Å². The van der Waals surface area contributed by atoms with Crippen LogP contribution in [0.3, 0.4) is 0 Å². The van der Waals surface area contributed by atoms with Crippen molar-refractivity contribution in [2.45, 2.75) is 19.2 Å². The molecule has 0 spiro atoms. The molecule has 0 saturated carbocycles. The highest BCUT2D eigenvalue weighted by atomic mass is 16.4. The molecule has 2 aromatic heterocycles. The Labute approximate surface area is 145 Å². The van der Waals surface area contributed by atoms with Crippen molar-refractivity contribution < 1.29 is 14.1 Å². The van der Waals surface area contributed by atoms with Crippen molar-refractivity contribution in [1.82, 2.24) is 4.57 Å². The quantitative estimate of drug-likeness (QED) is 0.552. The third-order valence-electron chi connectivity index (χ3n) is 4.43. The SMILES string of the molecule is Nc1n(CC(O)c2ccco2)c2ccccc2[n+]1Cc1ccccc1. The number of aliphatic hydroxyl groups is 1. The van der Waals surface area contributed by atoms with Crippen LogP contribution < -0.4 is 10.3 Å². The van der Waals surface area contributed by atoms with Crippen LogP contribution in [0.2, 0.25) is 0 Å². The molecule has 3 N–H and O–H groups in total. The number of aromatic nitrogens is 2. The van der Waals surface area contributed by atoms with Crippen LogP contribution in [0.5, 0.6) is 0 Å². The highest BCUT2D eigenvalue weighted by molar-refractivity contribution is 5.74. The molecule has 0 amide bonds. The van der Waals surface area contributed by atoms with Crippen LogP contribution in [-0.2, 0) is 13.1 Å². The number of fused-ring (bicyclic) bond motifs is 1. The number of hydrogen-bond acceptors (Lipinski definition) is 3. The molecule has 0 aliphatic heterocycles. The van der Waals surface area contributed by atoms with Crippen LogP contribution in [0.15, 0.2) is 77.4 Å². The van der Waals surface area contributed by atoms with Gasteiger partial charge in [-0.05, 0) is 29.8 Å². The Balaban J connectivity index is 1.76. The van der Waals surface area contributed by atoms with Crippen LogP contribution in [0.25, 0.3) is 11.0 Å². The molecule has 5 nitrogen and oxygen atoms in total. The first-order chi connectivity index (χ1) is 12.2. The lowest BCUT2D eigenvalue weighted by Gasteiger charge is -2.07. The van der Waals surface area contributed by atoms with E-state index in [1.807, 2.05) is 47.0 Å². The van der Waals surface area contributed by atoms with Gasteiger partial charge in [-0.1, -0.05) is 42.5 Å². The van der Waals surface area contributed by atoms with Crippen molar-refractivity contribution >= 4 is 17.0 Å². The van der Waals surface area contributed by atoms with E-state index < -0.39 is 6.10 Å². The largest absolute Gasteiger partial charge is 0.466 e. The van der Waals surface area contributed by atoms with Gasteiger partial charge in [0.2, 0.25) is 0 Å². The Hall–Kier alpha value is -3.05. The summed E-state index contributed by atoms with van der Waals surface area (Å²) in [4.78, 5) is 0. The summed E-state index contributed by atoms with van der Waals surface area (Å²) in [7, 11) is 0. The minimum atomic E-state index is -0.752. The molecule has 4 aromatic rings. The number of furan rings is 1. The van der Waals surface area contributed by atoms with E-state index in [-0.39, 0.29) is 0 Å². The molecule has 2 heterocycles. The van der Waals surface area contributed by atoms with Gasteiger partial charge < -0.3 is 9.52 Å². The van der Waals surface area contributed by atoms with E-state index in [1.165, 1.54) is 5.56 Å². The summed E-state index contributed by atoms with van der Waals surface area (Å²) in [5.41, 5.74) is 9.65. The second-order valence-corrected chi connectivity index (χ2v) is 6.06. The number of imidazole rings is 1. The van der Waals surface area contributed by atoms with Crippen molar-refractivity contribution in [2.75, 3.05) is 5.73 Å². The van der Waals surface area contributed by atoms with E-state index in [0.29, 0.717) is 24.8 Å². The molecule has 0 aliphatic rings. The molecule has 4 rings (SSSR count). The van der Waals surface area contributed by atoms with Gasteiger partial charge in [0, 0.05) is 0 Å². The summed E-state index contributed by atoms with van der Waals surface area (Å²) >= 11 is 0. The summed E-state index contributed by atoms with van der Waals surface area (Å²) in [5, 5.41) is 10.5. The number of aliphatic hydroxyl groups excluding tert-OH is 1. The normalized spacial score (nSPS) is 12.5. The maximum absolute atomic E-state index is 10.5. The zero-order valence-corrected chi connectivity index (χ0v) is 13.7. The van der Waals surface area contributed by atoms with E-state index in [0.717, 1.165) is 11.0 Å². The van der Waals surface area contributed by atoms with E-state index in [4.69, 9.17) is 10.2 Å². The number of anilines is 1. The maximum Gasteiger partial charge on any atom is 0.356 e. The van der Waals surface area contributed by atoms with E-state index in [9.17, 15) is 5.11 Å². The van der Waals surface area contributed by atoms with Crippen LogP contribution in [0, 0.1) is 0 Å². The number of hydrogen-bond donors (Lipinski definition) is 2. The smallest absolute Gasteiger partial charge is 0.356 e. The molecule has 0 aliphatic carbocycles. The average molecular weight is 334 g/mol. The first kappa shape index (κ1) is 15.5. The lowest BCUT2D eigenvalue weighted by atomic mass is 10.2. The van der Waals surface area contributed by atoms with Gasteiger partial charge in [0.15, 0.2) is 0 Å². The van der Waals surface area contributed by atoms with Gasteiger partial charge in [-0.2, -0.15) is 0 Å². The minimum absolute atomic E-state index is 0.335. The van der Waals surface area contributed by atoms with Gasteiger partial charge in [0.05, 0.1) is 12.8 Å². The Bertz CT molecular complexity index is 975. The Morgan fingerprint density at radius 1 is 1.00 bits per heavy atom. The van der Waals surface area contributed by atoms with Gasteiger partial charge in [-0.3, -0.25) is 5.73 Å². The molecule has 2 aromatic carbocycles. The number of nitrogens with zero attached hydrogens (tertiary/aromatic N) is 2. The Morgan fingerprint density at radius 2 is 1.76 bits per heavy atom. The molecule has 0 fully saturated rings. The standard InChI is InChI=1S/C20H19N3O2/c21-20-22(13-15-7-2-1-3-8-15)16-9-4-5-10-17(16)23(20)14-18(24)19-11-6-12-25-19/h1-12,18,21,24H,13-14H2/p+1.